The van der Waals surface area contributed by atoms with Crippen molar-refractivity contribution in [2.24, 2.45) is 0 Å². The number of nitrogens with one attached hydrogen (secondary N) is 1. The summed E-state index contributed by atoms with van der Waals surface area (Å²) in [6.45, 7) is 3.63. The van der Waals surface area contributed by atoms with Crippen molar-refractivity contribution in [2.75, 3.05) is 5.32 Å². The first kappa shape index (κ1) is 18.3. The number of amides is 1. The Bertz CT molecular complexity index is 1260. The summed E-state index contributed by atoms with van der Waals surface area (Å²) in [7, 11) is 0. The maximum absolute atomic E-state index is 13.1. The second kappa shape index (κ2) is 7.16. The number of benzene rings is 2. The van der Waals surface area contributed by atoms with Gasteiger partial charge in [-0.3, -0.25) is 14.9 Å². The Morgan fingerprint density at radius 3 is 2.66 bits per heavy atom. The third-order valence-electron chi connectivity index (χ3n) is 4.61. The number of nitro benzene ring substituents is 1. The zero-order chi connectivity index (χ0) is 20.5. The third-order valence-corrected chi connectivity index (χ3v) is 4.61. The summed E-state index contributed by atoms with van der Waals surface area (Å²) in [5, 5.41) is 18.4. The highest BCUT2D eigenvalue weighted by Crippen LogP contribution is 2.29. The SMILES string of the molecule is Cc1ccccc1NC(=O)c1cc(-c2cccc([N+](=O)[O-])c2)nc2onc(C)c12. The van der Waals surface area contributed by atoms with Gasteiger partial charge in [-0.1, -0.05) is 35.5 Å². The Morgan fingerprint density at radius 2 is 1.90 bits per heavy atom. The van der Waals surface area contributed by atoms with E-state index in [1.54, 1.807) is 25.1 Å². The van der Waals surface area contributed by atoms with Crippen molar-refractivity contribution in [3.63, 3.8) is 0 Å². The molecule has 2 aromatic heterocycles. The lowest BCUT2D eigenvalue weighted by Crippen LogP contribution is -2.14. The molecule has 0 saturated heterocycles. The van der Waals surface area contributed by atoms with Gasteiger partial charge < -0.3 is 9.84 Å². The molecule has 0 aliphatic rings. The number of anilines is 1. The van der Waals surface area contributed by atoms with Gasteiger partial charge in [-0.05, 0) is 31.5 Å². The van der Waals surface area contributed by atoms with E-state index in [-0.39, 0.29) is 17.3 Å². The number of aryl methyl sites for hydroxylation is 2. The molecule has 0 unspecified atom stereocenters. The Labute approximate surface area is 165 Å². The number of rotatable bonds is 4. The largest absolute Gasteiger partial charge is 0.335 e. The molecule has 4 rings (SSSR count). The van der Waals surface area contributed by atoms with Crippen LogP contribution >= 0.6 is 0 Å². The molecule has 1 N–H and O–H groups in total. The van der Waals surface area contributed by atoms with Crippen molar-refractivity contribution in [2.45, 2.75) is 13.8 Å². The molecule has 2 heterocycles. The molecule has 1 amide bonds. The van der Waals surface area contributed by atoms with Gasteiger partial charge in [-0.2, -0.15) is 0 Å². The van der Waals surface area contributed by atoms with Gasteiger partial charge in [0.15, 0.2) is 0 Å². The number of pyridine rings is 1. The van der Waals surface area contributed by atoms with Gasteiger partial charge in [0.1, 0.15) is 0 Å². The van der Waals surface area contributed by atoms with Crippen LogP contribution in [0.3, 0.4) is 0 Å². The highest BCUT2D eigenvalue weighted by atomic mass is 16.6. The molecule has 0 aliphatic carbocycles. The van der Waals surface area contributed by atoms with Crippen LogP contribution in [0, 0.1) is 24.0 Å². The van der Waals surface area contributed by atoms with Gasteiger partial charge in [0, 0.05) is 23.4 Å². The molecular formula is C21H16N4O4. The van der Waals surface area contributed by atoms with Gasteiger partial charge in [-0.15, -0.1) is 0 Å². The molecule has 4 aromatic rings. The monoisotopic (exact) mass is 388 g/mol. The normalized spacial score (nSPS) is 10.8. The van der Waals surface area contributed by atoms with Crippen LogP contribution in [0.5, 0.6) is 0 Å². The third kappa shape index (κ3) is 3.43. The average molecular weight is 388 g/mol. The summed E-state index contributed by atoms with van der Waals surface area (Å²) >= 11 is 0. The fourth-order valence-electron chi connectivity index (χ4n) is 3.10. The van der Waals surface area contributed by atoms with Crippen LogP contribution in [0.15, 0.2) is 59.1 Å². The first-order valence-electron chi connectivity index (χ1n) is 8.83. The van der Waals surface area contributed by atoms with Crippen LogP contribution in [0.1, 0.15) is 21.6 Å². The fraction of sp³-hybridized carbons (Fsp3) is 0.0952. The second-order valence-electron chi connectivity index (χ2n) is 6.58. The average Bonchev–Trinajstić information content (AvgIpc) is 3.10. The molecule has 0 bridgehead atoms. The van der Waals surface area contributed by atoms with Crippen molar-refractivity contribution >= 4 is 28.4 Å². The van der Waals surface area contributed by atoms with Crippen molar-refractivity contribution < 1.29 is 14.2 Å². The molecule has 8 nitrogen and oxygen atoms in total. The minimum atomic E-state index is -0.480. The topological polar surface area (TPSA) is 111 Å². The number of hydrogen-bond acceptors (Lipinski definition) is 6. The maximum Gasteiger partial charge on any atom is 0.270 e. The second-order valence-corrected chi connectivity index (χ2v) is 6.58. The molecule has 0 spiro atoms. The number of nitrogens with zero attached hydrogens (tertiary/aromatic N) is 3. The molecule has 0 radical (unpaired) electrons. The van der Waals surface area contributed by atoms with E-state index in [1.807, 2.05) is 31.2 Å². The highest BCUT2D eigenvalue weighted by Gasteiger charge is 2.20. The molecular weight excluding hydrogens is 372 g/mol. The lowest BCUT2D eigenvalue weighted by atomic mass is 10.0. The van der Waals surface area contributed by atoms with Crippen LogP contribution in [0.25, 0.3) is 22.4 Å². The Hall–Kier alpha value is -4.07. The van der Waals surface area contributed by atoms with Crippen molar-refractivity contribution in [1.82, 2.24) is 10.1 Å². The van der Waals surface area contributed by atoms with E-state index < -0.39 is 4.92 Å². The lowest BCUT2D eigenvalue weighted by Gasteiger charge is -2.10. The van der Waals surface area contributed by atoms with Gasteiger partial charge in [0.25, 0.3) is 17.3 Å². The predicted molar refractivity (Wildman–Crippen MR) is 108 cm³/mol. The first-order valence-corrected chi connectivity index (χ1v) is 8.83. The van der Waals surface area contributed by atoms with E-state index in [9.17, 15) is 14.9 Å². The summed E-state index contributed by atoms with van der Waals surface area (Å²) in [6.07, 6.45) is 0. The van der Waals surface area contributed by atoms with Crippen LogP contribution in [0.4, 0.5) is 11.4 Å². The van der Waals surface area contributed by atoms with Gasteiger partial charge in [0.2, 0.25) is 0 Å². The summed E-state index contributed by atoms with van der Waals surface area (Å²) in [4.78, 5) is 28.1. The maximum atomic E-state index is 13.1. The van der Waals surface area contributed by atoms with E-state index in [1.165, 1.54) is 12.1 Å². The quantitative estimate of drug-likeness (QED) is 0.402. The van der Waals surface area contributed by atoms with Crippen molar-refractivity contribution in [3.8, 4) is 11.3 Å². The van der Waals surface area contributed by atoms with Gasteiger partial charge in [0.05, 0.1) is 27.3 Å². The van der Waals surface area contributed by atoms with E-state index in [0.29, 0.717) is 33.6 Å². The summed E-state index contributed by atoms with van der Waals surface area (Å²) < 4.78 is 5.28. The molecule has 0 saturated carbocycles. The molecule has 0 aliphatic heterocycles. The minimum Gasteiger partial charge on any atom is -0.335 e. The number of carbonyl (C=O) groups excluding carboxylic acids is 1. The van der Waals surface area contributed by atoms with Crippen LogP contribution in [-0.4, -0.2) is 21.0 Å². The van der Waals surface area contributed by atoms with Crippen molar-refractivity contribution in [3.05, 3.63) is 81.5 Å². The van der Waals surface area contributed by atoms with E-state index >= 15 is 0 Å². The van der Waals surface area contributed by atoms with E-state index in [2.05, 4.69) is 15.5 Å². The first-order chi connectivity index (χ1) is 13.9. The summed E-state index contributed by atoms with van der Waals surface area (Å²) in [5.41, 5.74) is 3.49. The Balaban J connectivity index is 1.84. The smallest absolute Gasteiger partial charge is 0.270 e. The van der Waals surface area contributed by atoms with Gasteiger partial charge >= 0.3 is 0 Å². The zero-order valence-electron chi connectivity index (χ0n) is 15.7. The number of non-ortho nitro benzene ring substituents is 1. The standard InChI is InChI=1S/C21H16N4O4/c1-12-6-3-4-9-17(12)22-20(26)16-11-18(23-21-19(16)13(2)24-29-21)14-7-5-8-15(10-14)25(27)28/h3-11H,1-2H3,(H,22,26). The Kier molecular flexibility index (Phi) is 4.52. The molecule has 29 heavy (non-hydrogen) atoms. The number of nitro groups is 1. The Morgan fingerprint density at radius 1 is 1.10 bits per heavy atom. The van der Waals surface area contributed by atoms with Crippen LogP contribution in [0.2, 0.25) is 0 Å². The molecule has 0 fully saturated rings. The van der Waals surface area contributed by atoms with Gasteiger partial charge in [-0.25, -0.2) is 4.98 Å². The summed E-state index contributed by atoms with van der Waals surface area (Å²) in [5.74, 6) is -0.343. The number of para-hydroxylation sites is 1. The molecule has 2 aromatic carbocycles. The zero-order valence-corrected chi connectivity index (χ0v) is 15.7. The number of carbonyl (C=O) groups is 1. The molecule has 0 atom stereocenters. The van der Waals surface area contributed by atoms with E-state index in [0.717, 1.165) is 5.56 Å². The number of fused-ring (bicyclic) bond motifs is 1. The predicted octanol–water partition coefficient (Wildman–Crippen LogP) is 4.67. The summed E-state index contributed by atoms with van der Waals surface area (Å²) in [6, 6.07) is 15.1. The fourth-order valence-corrected chi connectivity index (χ4v) is 3.10. The molecule has 144 valence electrons. The lowest BCUT2D eigenvalue weighted by molar-refractivity contribution is -0.384. The number of aromatic nitrogens is 2. The molecule has 8 heteroatoms. The van der Waals surface area contributed by atoms with Crippen molar-refractivity contribution in [1.29, 1.82) is 0 Å². The number of hydrogen-bond donors (Lipinski definition) is 1. The van der Waals surface area contributed by atoms with Crippen LogP contribution < -0.4 is 5.32 Å². The van der Waals surface area contributed by atoms with E-state index in [4.69, 9.17) is 4.52 Å². The van der Waals surface area contributed by atoms with Crippen LogP contribution in [-0.2, 0) is 0 Å². The minimum absolute atomic E-state index is 0.0657. The highest BCUT2D eigenvalue weighted by molar-refractivity contribution is 6.13.